The molecule has 4 aromatic rings. The van der Waals surface area contributed by atoms with Crippen LogP contribution in [-0.4, -0.2) is 43.2 Å². The molecule has 1 saturated heterocycles. The Kier molecular flexibility index (Phi) is 11.5. The highest BCUT2D eigenvalue weighted by Crippen LogP contribution is 2.30. The SMILES string of the molecule is CC(=O)NC1C(OCc2ccccc2)OC(COCc2ccccc2)C(OCc2ccccc2)C1OCc1ccccc1. The summed E-state index contributed by atoms with van der Waals surface area (Å²) >= 11 is 0. The van der Waals surface area contributed by atoms with Gasteiger partial charge in [0.2, 0.25) is 5.91 Å². The van der Waals surface area contributed by atoms with Gasteiger partial charge in [0.15, 0.2) is 6.29 Å². The molecule has 0 radical (unpaired) electrons. The fourth-order valence-electron chi connectivity index (χ4n) is 5.12. The van der Waals surface area contributed by atoms with Gasteiger partial charge in [0.1, 0.15) is 24.4 Å². The van der Waals surface area contributed by atoms with E-state index < -0.39 is 30.6 Å². The summed E-state index contributed by atoms with van der Waals surface area (Å²) in [4.78, 5) is 12.5. The van der Waals surface area contributed by atoms with Crippen LogP contribution in [-0.2, 0) is 54.9 Å². The van der Waals surface area contributed by atoms with Crippen molar-refractivity contribution in [2.75, 3.05) is 6.61 Å². The van der Waals surface area contributed by atoms with Crippen LogP contribution in [0.2, 0.25) is 0 Å². The van der Waals surface area contributed by atoms with E-state index in [1.807, 2.05) is 121 Å². The predicted molar refractivity (Wildman–Crippen MR) is 164 cm³/mol. The molecule has 0 bridgehead atoms. The van der Waals surface area contributed by atoms with Gasteiger partial charge in [-0.05, 0) is 22.3 Å². The minimum Gasteiger partial charge on any atom is -0.374 e. The maximum absolute atomic E-state index is 12.5. The molecule has 43 heavy (non-hydrogen) atoms. The molecule has 1 amide bonds. The molecule has 5 rings (SSSR count). The third-order valence-corrected chi connectivity index (χ3v) is 7.24. The first kappa shape index (κ1) is 30.6. The fraction of sp³-hybridized carbons (Fsp3) is 0.306. The van der Waals surface area contributed by atoms with E-state index in [-0.39, 0.29) is 12.5 Å². The summed E-state index contributed by atoms with van der Waals surface area (Å²) < 4.78 is 32.3. The zero-order valence-electron chi connectivity index (χ0n) is 24.4. The van der Waals surface area contributed by atoms with Crippen molar-refractivity contribution in [1.82, 2.24) is 5.32 Å². The monoisotopic (exact) mass is 581 g/mol. The molecule has 1 heterocycles. The molecule has 0 saturated carbocycles. The summed E-state index contributed by atoms with van der Waals surface area (Å²) in [6, 6.07) is 39.1. The zero-order chi connectivity index (χ0) is 29.7. The highest BCUT2D eigenvalue weighted by Gasteiger charge is 2.48. The average Bonchev–Trinajstić information content (AvgIpc) is 3.05. The summed E-state index contributed by atoms with van der Waals surface area (Å²) in [5, 5.41) is 3.05. The second kappa shape index (κ2) is 16.1. The minimum absolute atomic E-state index is 0.212. The van der Waals surface area contributed by atoms with Gasteiger partial charge in [0.25, 0.3) is 0 Å². The maximum Gasteiger partial charge on any atom is 0.217 e. The van der Waals surface area contributed by atoms with E-state index >= 15 is 0 Å². The van der Waals surface area contributed by atoms with E-state index in [1.165, 1.54) is 6.92 Å². The quantitative estimate of drug-likeness (QED) is 0.202. The van der Waals surface area contributed by atoms with Gasteiger partial charge in [0.05, 0.1) is 33.0 Å². The smallest absolute Gasteiger partial charge is 0.217 e. The van der Waals surface area contributed by atoms with E-state index in [0.717, 1.165) is 22.3 Å². The van der Waals surface area contributed by atoms with Gasteiger partial charge in [-0.15, -0.1) is 0 Å². The lowest BCUT2D eigenvalue weighted by Crippen LogP contribution is -2.66. The van der Waals surface area contributed by atoms with Gasteiger partial charge in [-0.1, -0.05) is 121 Å². The Morgan fingerprint density at radius 2 is 1.02 bits per heavy atom. The second-order valence-electron chi connectivity index (χ2n) is 10.6. The standard InChI is InChI=1S/C36H39NO6/c1-27(38)37-33-35(41-24-30-18-10-4-11-19-30)34(40-23-29-16-8-3-9-17-29)32(26-39-22-28-14-6-2-7-15-28)43-36(33)42-25-31-20-12-5-13-21-31/h2-21,32-36H,22-26H2,1H3,(H,37,38). The molecule has 7 heteroatoms. The summed E-state index contributed by atoms with van der Waals surface area (Å²) in [6.07, 6.45) is -2.48. The van der Waals surface area contributed by atoms with E-state index in [4.69, 9.17) is 23.7 Å². The number of carbonyl (C=O) groups excluding carboxylic acids is 1. The lowest BCUT2D eigenvalue weighted by molar-refractivity contribution is -0.293. The second-order valence-corrected chi connectivity index (χ2v) is 10.6. The number of ether oxygens (including phenoxy) is 5. The van der Waals surface area contributed by atoms with Gasteiger partial charge < -0.3 is 29.0 Å². The maximum atomic E-state index is 12.5. The topological polar surface area (TPSA) is 75.3 Å². The van der Waals surface area contributed by atoms with Crippen LogP contribution < -0.4 is 5.32 Å². The third kappa shape index (κ3) is 9.32. The molecule has 7 nitrogen and oxygen atoms in total. The van der Waals surface area contributed by atoms with Gasteiger partial charge in [0, 0.05) is 6.92 Å². The molecule has 1 N–H and O–H groups in total. The Morgan fingerprint density at radius 1 is 0.605 bits per heavy atom. The number of carbonyl (C=O) groups is 1. The number of nitrogens with one attached hydrogen (secondary N) is 1. The number of benzene rings is 4. The number of rotatable bonds is 14. The van der Waals surface area contributed by atoms with Gasteiger partial charge in [-0.25, -0.2) is 0 Å². The molecular formula is C36H39NO6. The van der Waals surface area contributed by atoms with Crippen LogP contribution in [0.25, 0.3) is 0 Å². The molecule has 0 aliphatic carbocycles. The van der Waals surface area contributed by atoms with Crippen LogP contribution in [0.1, 0.15) is 29.2 Å². The van der Waals surface area contributed by atoms with E-state index in [0.29, 0.717) is 26.4 Å². The lowest BCUT2D eigenvalue weighted by Gasteiger charge is -2.46. The molecule has 0 spiro atoms. The first-order chi connectivity index (χ1) is 21.2. The van der Waals surface area contributed by atoms with E-state index in [9.17, 15) is 4.79 Å². The van der Waals surface area contributed by atoms with Crippen molar-refractivity contribution in [2.45, 2.75) is 64.0 Å². The summed E-state index contributed by atoms with van der Waals surface area (Å²) in [5.41, 5.74) is 4.08. The molecule has 1 aliphatic heterocycles. The zero-order valence-corrected chi connectivity index (χ0v) is 24.4. The lowest BCUT2D eigenvalue weighted by atomic mass is 9.95. The van der Waals surface area contributed by atoms with Crippen molar-refractivity contribution >= 4 is 5.91 Å². The van der Waals surface area contributed by atoms with Crippen LogP contribution in [0.3, 0.4) is 0 Å². The largest absolute Gasteiger partial charge is 0.374 e. The van der Waals surface area contributed by atoms with Crippen molar-refractivity contribution in [2.24, 2.45) is 0 Å². The number of amides is 1. The normalized spacial score (nSPS) is 21.7. The molecule has 5 unspecified atom stereocenters. The Balaban J connectivity index is 1.41. The van der Waals surface area contributed by atoms with Crippen LogP contribution >= 0.6 is 0 Å². The number of hydrogen-bond donors (Lipinski definition) is 1. The highest BCUT2D eigenvalue weighted by molar-refractivity contribution is 5.73. The fourth-order valence-corrected chi connectivity index (χ4v) is 5.12. The molecule has 1 fully saturated rings. The molecule has 4 aromatic carbocycles. The van der Waals surface area contributed by atoms with Crippen molar-refractivity contribution in [3.63, 3.8) is 0 Å². The first-order valence-corrected chi connectivity index (χ1v) is 14.7. The van der Waals surface area contributed by atoms with Gasteiger partial charge in [-0.2, -0.15) is 0 Å². The number of hydrogen-bond acceptors (Lipinski definition) is 6. The van der Waals surface area contributed by atoms with E-state index in [1.54, 1.807) is 0 Å². The van der Waals surface area contributed by atoms with E-state index in [2.05, 4.69) is 5.32 Å². The Labute approximate surface area is 253 Å². The Hall–Kier alpha value is -3.85. The molecule has 224 valence electrons. The van der Waals surface area contributed by atoms with Crippen LogP contribution in [0, 0.1) is 0 Å². The molecular weight excluding hydrogens is 542 g/mol. The molecule has 0 aromatic heterocycles. The van der Waals surface area contributed by atoms with Crippen molar-refractivity contribution in [3.05, 3.63) is 144 Å². The molecule has 5 atom stereocenters. The van der Waals surface area contributed by atoms with Gasteiger partial charge >= 0.3 is 0 Å². The Morgan fingerprint density at radius 3 is 1.49 bits per heavy atom. The first-order valence-electron chi connectivity index (χ1n) is 14.7. The highest BCUT2D eigenvalue weighted by atomic mass is 16.7. The van der Waals surface area contributed by atoms with Gasteiger partial charge in [-0.3, -0.25) is 4.79 Å². The summed E-state index contributed by atoms with van der Waals surface area (Å²) in [5.74, 6) is -0.212. The van der Waals surface area contributed by atoms with Crippen LogP contribution in [0.15, 0.2) is 121 Å². The summed E-state index contributed by atoms with van der Waals surface area (Å²) in [6.45, 7) is 3.13. The minimum atomic E-state index is -0.799. The van der Waals surface area contributed by atoms with Crippen molar-refractivity contribution < 1.29 is 28.5 Å². The third-order valence-electron chi connectivity index (χ3n) is 7.24. The average molecular weight is 582 g/mol. The predicted octanol–water partition coefficient (Wildman–Crippen LogP) is 5.82. The van der Waals surface area contributed by atoms with Crippen LogP contribution in [0.5, 0.6) is 0 Å². The van der Waals surface area contributed by atoms with Crippen LogP contribution in [0.4, 0.5) is 0 Å². The van der Waals surface area contributed by atoms with Crippen molar-refractivity contribution in [3.8, 4) is 0 Å². The molecule has 1 aliphatic rings. The summed E-state index contributed by atoms with van der Waals surface area (Å²) in [7, 11) is 0. The Bertz CT molecular complexity index is 1360. The van der Waals surface area contributed by atoms with Crippen molar-refractivity contribution in [1.29, 1.82) is 0 Å².